The molecule has 125 valence electrons. The molecule has 3 aromatic rings. The average molecular weight is 336 g/mol. The van der Waals surface area contributed by atoms with Crippen LogP contribution in [0.5, 0.6) is 17.4 Å². The van der Waals surface area contributed by atoms with Crippen LogP contribution in [0.1, 0.15) is 17.4 Å². The van der Waals surface area contributed by atoms with Gasteiger partial charge in [0, 0.05) is 23.4 Å². The van der Waals surface area contributed by atoms with Crippen LogP contribution in [-0.2, 0) is 4.79 Å². The van der Waals surface area contributed by atoms with Crippen molar-refractivity contribution in [1.82, 2.24) is 10.7 Å². The SMILES string of the molecule is CC(=O)Nc1ccc(Oc2nc(C([NH])=O)c(O)c3ccccc23)cc1. The molecule has 0 aliphatic rings. The fourth-order valence-corrected chi connectivity index (χ4v) is 2.38. The van der Waals surface area contributed by atoms with Crippen molar-refractivity contribution in [1.29, 1.82) is 0 Å². The predicted molar refractivity (Wildman–Crippen MR) is 91.7 cm³/mol. The standard InChI is InChI=1S/C18H14N3O4/c1-10(22)20-11-6-8-12(9-7-11)25-18-14-5-3-2-4-13(14)16(23)15(21-18)17(19)24/h2-9,19,23H,1H3,(H,20,22). The molecule has 0 bridgehead atoms. The lowest BCUT2D eigenvalue weighted by Gasteiger charge is -2.11. The number of pyridine rings is 1. The maximum Gasteiger partial charge on any atom is 0.292 e. The molecule has 0 atom stereocenters. The van der Waals surface area contributed by atoms with Gasteiger partial charge in [0.15, 0.2) is 11.4 Å². The van der Waals surface area contributed by atoms with E-state index in [1.165, 1.54) is 6.92 Å². The summed E-state index contributed by atoms with van der Waals surface area (Å²) in [6, 6.07) is 13.4. The van der Waals surface area contributed by atoms with Crippen LogP contribution < -0.4 is 15.8 Å². The Balaban J connectivity index is 2.02. The average Bonchev–Trinajstić information content (AvgIpc) is 2.58. The van der Waals surface area contributed by atoms with Crippen LogP contribution in [0.4, 0.5) is 5.69 Å². The molecule has 7 heteroatoms. The van der Waals surface area contributed by atoms with Crippen LogP contribution in [0.15, 0.2) is 48.5 Å². The summed E-state index contributed by atoms with van der Waals surface area (Å²) < 4.78 is 5.73. The van der Waals surface area contributed by atoms with Gasteiger partial charge < -0.3 is 15.2 Å². The Labute approximate surface area is 143 Å². The number of amides is 2. The van der Waals surface area contributed by atoms with Crippen molar-refractivity contribution < 1.29 is 19.4 Å². The highest BCUT2D eigenvalue weighted by Gasteiger charge is 2.18. The molecular weight excluding hydrogens is 322 g/mol. The molecule has 0 saturated carbocycles. The minimum absolute atomic E-state index is 0.108. The van der Waals surface area contributed by atoms with Crippen molar-refractivity contribution in [2.24, 2.45) is 0 Å². The minimum atomic E-state index is -1.10. The number of fused-ring (bicyclic) bond motifs is 1. The molecule has 1 radical (unpaired) electrons. The zero-order valence-electron chi connectivity index (χ0n) is 13.2. The van der Waals surface area contributed by atoms with Gasteiger partial charge in [-0.1, -0.05) is 18.2 Å². The molecule has 0 spiro atoms. The van der Waals surface area contributed by atoms with Crippen molar-refractivity contribution in [2.45, 2.75) is 6.92 Å². The van der Waals surface area contributed by atoms with E-state index in [0.29, 0.717) is 22.2 Å². The Bertz CT molecular complexity index is 968. The molecule has 3 N–H and O–H groups in total. The van der Waals surface area contributed by atoms with Crippen LogP contribution in [0.25, 0.3) is 10.8 Å². The highest BCUT2D eigenvalue weighted by Crippen LogP contribution is 2.35. The molecule has 0 aliphatic heterocycles. The van der Waals surface area contributed by atoms with Gasteiger partial charge in [-0.15, -0.1) is 0 Å². The third-order valence-corrected chi connectivity index (χ3v) is 3.45. The fraction of sp³-hybridized carbons (Fsp3) is 0.0556. The number of carbonyl (C=O) groups excluding carboxylic acids is 2. The van der Waals surface area contributed by atoms with Gasteiger partial charge in [-0.3, -0.25) is 15.3 Å². The third-order valence-electron chi connectivity index (χ3n) is 3.45. The van der Waals surface area contributed by atoms with Crippen LogP contribution in [0, 0.1) is 0 Å². The van der Waals surface area contributed by atoms with Gasteiger partial charge in [0.05, 0.1) is 0 Å². The Morgan fingerprint density at radius 3 is 2.32 bits per heavy atom. The number of aromatic nitrogens is 1. The number of hydrogen-bond acceptors (Lipinski definition) is 5. The first-order chi connectivity index (χ1) is 12.0. The number of nitrogens with zero attached hydrogens (tertiary/aromatic N) is 1. The van der Waals surface area contributed by atoms with Crippen molar-refractivity contribution in [3.05, 3.63) is 54.2 Å². The van der Waals surface area contributed by atoms with Crippen LogP contribution in [0.3, 0.4) is 0 Å². The first-order valence-corrected chi connectivity index (χ1v) is 7.39. The van der Waals surface area contributed by atoms with E-state index in [4.69, 9.17) is 10.5 Å². The third kappa shape index (κ3) is 3.35. The number of anilines is 1. The van der Waals surface area contributed by atoms with Crippen molar-refractivity contribution in [3.63, 3.8) is 0 Å². The molecule has 1 aromatic heterocycles. The Morgan fingerprint density at radius 2 is 1.72 bits per heavy atom. The number of hydrogen-bond donors (Lipinski definition) is 2. The lowest BCUT2D eigenvalue weighted by molar-refractivity contribution is -0.114. The zero-order valence-corrected chi connectivity index (χ0v) is 13.2. The number of aromatic hydroxyl groups is 1. The molecule has 0 fully saturated rings. The number of carbonyl (C=O) groups is 2. The molecule has 1 heterocycles. The lowest BCUT2D eigenvalue weighted by Crippen LogP contribution is -2.06. The normalized spacial score (nSPS) is 10.4. The Kier molecular flexibility index (Phi) is 4.21. The topological polar surface area (TPSA) is 112 Å². The molecule has 3 rings (SSSR count). The number of benzene rings is 2. The van der Waals surface area contributed by atoms with E-state index in [0.717, 1.165) is 0 Å². The summed E-state index contributed by atoms with van der Waals surface area (Å²) in [6.07, 6.45) is 0. The van der Waals surface area contributed by atoms with Gasteiger partial charge in [-0.2, -0.15) is 0 Å². The summed E-state index contributed by atoms with van der Waals surface area (Å²) in [6.45, 7) is 1.41. The van der Waals surface area contributed by atoms with E-state index in [1.54, 1.807) is 48.5 Å². The largest absolute Gasteiger partial charge is 0.505 e. The Hall–Kier alpha value is -3.61. The first-order valence-electron chi connectivity index (χ1n) is 7.39. The Morgan fingerprint density at radius 1 is 1.08 bits per heavy atom. The van der Waals surface area contributed by atoms with Gasteiger partial charge in [0.2, 0.25) is 11.8 Å². The van der Waals surface area contributed by atoms with E-state index in [-0.39, 0.29) is 23.2 Å². The smallest absolute Gasteiger partial charge is 0.292 e. The van der Waals surface area contributed by atoms with Crippen LogP contribution in [-0.4, -0.2) is 21.9 Å². The number of nitrogens with one attached hydrogen (secondary N) is 2. The van der Waals surface area contributed by atoms with Crippen molar-refractivity contribution >= 4 is 28.3 Å². The van der Waals surface area contributed by atoms with E-state index in [1.807, 2.05) is 0 Å². The minimum Gasteiger partial charge on any atom is -0.505 e. The fourth-order valence-electron chi connectivity index (χ4n) is 2.38. The van der Waals surface area contributed by atoms with Crippen molar-refractivity contribution in [2.75, 3.05) is 5.32 Å². The molecule has 0 aliphatic carbocycles. The molecule has 2 amide bonds. The van der Waals surface area contributed by atoms with Gasteiger partial charge in [-0.25, -0.2) is 4.98 Å². The summed E-state index contributed by atoms with van der Waals surface area (Å²) >= 11 is 0. The second kappa shape index (κ2) is 6.48. The molecule has 25 heavy (non-hydrogen) atoms. The maximum atomic E-state index is 11.4. The van der Waals surface area contributed by atoms with E-state index < -0.39 is 5.91 Å². The molecule has 2 aromatic carbocycles. The maximum absolute atomic E-state index is 11.4. The van der Waals surface area contributed by atoms with Gasteiger partial charge in [0.25, 0.3) is 5.91 Å². The quantitative estimate of drug-likeness (QED) is 0.760. The second-order valence-corrected chi connectivity index (χ2v) is 5.30. The molecule has 0 saturated heterocycles. The summed E-state index contributed by atoms with van der Waals surface area (Å²) in [5.41, 5.74) is 7.49. The highest BCUT2D eigenvalue weighted by molar-refractivity contribution is 6.02. The van der Waals surface area contributed by atoms with Gasteiger partial charge in [0.1, 0.15) is 5.75 Å². The summed E-state index contributed by atoms with van der Waals surface area (Å²) in [5, 5.41) is 13.7. The summed E-state index contributed by atoms with van der Waals surface area (Å²) in [7, 11) is 0. The van der Waals surface area contributed by atoms with Crippen LogP contribution in [0.2, 0.25) is 0 Å². The number of ether oxygens (including phenoxy) is 1. The molecule has 7 nitrogen and oxygen atoms in total. The molecular formula is C18H14N3O4. The zero-order chi connectivity index (χ0) is 18.0. The van der Waals surface area contributed by atoms with Crippen molar-refractivity contribution in [3.8, 4) is 17.4 Å². The van der Waals surface area contributed by atoms with Crippen LogP contribution >= 0.6 is 0 Å². The summed E-state index contributed by atoms with van der Waals surface area (Å²) in [5.74, 6) is -1.09. The molecule has 0 unspecified atom stereocenters. The van der Waals surface area contributed by atoms with E-state index >= 15 is 0 Å². The lowest BCUT2D eigenvalue weighted by atomic mass is 10.1. The van der Waals surface area contributed by atoms with E-state index in [9.17, 15) is 14.7 Å². The predicted octanol–water partition coefficient (Wildman–Crippen LogP) is 3.11. The van der Waals surface area contributed by atoms with E-state index in [2.05, 4.69) is 10.3 Å². The first kappa shape index (κ1) is 16.3. The monoisotopic (exact) mass is 336 g/mol. The summed E-state index contributed by atoms with van der Waals surface area (Å²) in [4.78, 5) is 26.4. The second-order valence-electron chi connectivity index (χ2n) is 5.30. The van der Waals surface area contributed by atoms with Gasteiger partial charge in [-0.05, 0) is 30.3 Å². The highest BCUT2D eigenvalue weighted by atomic mass is 16.5. The number of rotatable bonds is 4. The van der Waals surface area contributed by atoms with Gasteiger partial charge >= 0.3 is 0 Å².